The van der Waals surface area contributed by atoms with Crippen molar-refractivity contribution in [3.63, 3.8) is 0 Å². The minimum atomic E-state index is -2.54. The van der Waals surface area contributed by atoms with E-state index in [9.17, 15) is 8.78 Å². The Bertz CT molecular complexity index is 397. The summed E-state index contributed by atoms with van der Waals surface area (Å²) in [7, 11) is 1.41. The van der Waals surface area contributed by atoms with Gasteiger partial charge in [0.25, 0.3) is 6.43 Å². The van der Waals surface area contributed by atoms with Crippen LogP contribution in [0.5, 0.6) is 5.75 Å². The Hall–Kier alpha value is -1.16. The number of methoxy groups -OCH3 is 1. The molecule has 2 nitrogen and oxygen atoms in total. The average molecular weight is 243 g/mol. The summed E-state index contributed by atoms with van der Waals surface area (Å²) in [6.45, 7) is 5.60. The monoisotopic (exact) mass is 243 g/mol. The molecule has 96 valence electrons. The van der Waals surface area contributed by atoms with Gasteiger partial charge in [-0.25, -0.2) is 8.78 Å². The van der Waals surface area contributed by atoms with Gasteiger partial charge >= 0.3 is 0 Å². The average Bonchev–Trinajstić information content (AvgIpc) is 2.18. The van der Waals surface area contributed by atoms with Gasteiger partial charge in [0.15, 0.2) is 0 Å². The molecule has 0 bridgehead atoms. The van der Waals surface area contributed by atoms with Crippen molar-refractivity contribution < 1.29 is 13.5 Å². The summed E-state index contributed by atoms with van der Waals surface area (Å²) in [6, 6.07) is 3.09. The van der Waals surface area contributed by atoms with E-state index in [0.717, 1.165) is 11.1 Å². The number of aryl methyl sites for hydroxylation is 1. The molecule has 1 aromatic rings. The van der Waals surface area contributed by atoms with Gasteiger partial charge in [-0.2, -0.15) is 0 Å². The molecule has 0 amide bonds. The summed E-state index contributed by atoms with van der Waals surface area (Å²) in [4.78, 5) is 0. The molecule has 0 unspecified atom stereocenters. The normalized spacial score (nSPS) is 12.0. The van der Waals surface area contributed by atoms with Crippen LogP contribution in [0.4, 0.5) is 8.78 Å². The molecule has 0 saturated carbocycles. The van der Waals surface area contributed by atoms with Crippen molar-refractivity contribution in [1.82, 2.24) is 0 Å². The van der Waals surface area contributed by atoms with Gasteiger partial charge in [-0.05, 0) is 44.4 Å². The predicted molar refractivity (Wildman–Crippen MR) is 64.7 cm³/mol. The molecular weight excluding hydrogens is 224 g/mol. The number of nitrogens with two attached hydrogens (primary N) is 1. The van der Waals surface area contributed by atoms with Gasteiger partial charge in [0.2, 0.25) is 0 Å². The lowest BCUT2D eigenvalue weighted by Crippen LogP contribution is -2.34. The molecule has 0 aliphatic carbocycles. The first kappa shape index (κ1) is 13.9. The molecule has 0 aliphatic heterocycles. The molecule has 0 spiro atoms. The Labute approximate surface area is 101 Å². The topological polar surface area (TPSA) is 35.2 Å². The molecule has 1 rings (SSSR count). The first-order valence-corrected chi connectivity index (χ1v) is 5.49. The van der Waals surface area contributed by atoms with Crippen LogP contribution in [0.2, 0.25) is 0 Å². The molecule has 0 aliphatic rings. The number of halogens is 2. The maximum absolute atomic E-state index is 12.8. The number of hydrogen-bond donors (Lipinski definition) is 1. The summed E-state index contributed by atoms with van der Waals surface area (Å²) in [5.41, 5.74) is 7.09. The van der Waals surface area contributed by atoms with Crippen molar-refractivity contribution in [3.05, 3.63) is 28.8 Å². The van der Waals surface area contributed by atoms with E-state index in [2.05, 4.69) is 0 Å². The molecule has 4 heteroatoms. The Kier molecular flexibility index (Phi) is 4.09. The number of hydrogen-bond acceptors (Lipinski definition) is 2. The zero-order valence-electron chi connectivity index (χ0n) is 10.7. The highest BCUT2D eigenvalue weighted by molar-refractivity contribution is 5.47. The van der Waals surface area contributed by atoms with E-state index < -0.39 is 12.0 Å². The molecule has 0 atom stereocenters. The molecule has 0 radical (unpaired) electrons. The lowest BCUT2D eigenvalue weighted by molar-refractivity contribution is 0.146. The van der Waals surface area contributed by atoms with Crippen LogP contribution >= 0.6 is 0 Å². The van der Waals surface area contributed by atoms with E-state index >= 15 is 0 Å². The van der Waals surface area contributed by atoms with E-state index in [4.69, 9.17) is 10.5 Å². The van der Waals surface area contributed by atoms with Crippen LogP contribution in [0.15, 0.2) is 12.1 Å². The first-order valence-electron chi connectivity index (χ1n) is 5.49. The highest BCUT2D eigenvalue weighted by Crippen LogP contribution is 2.35. The number of rotatable bonds is 4. The maximum Gasteiger partial charge on any atom is 0.267 e. The van der Waals surface area contributed by atoms with Crippen molar-refractivity contribution in [3.8, 4) is 5.75 Å². The van der Waals surface area contributed by atoms with Crippen LogP contribution in [0.3, 0.4) is 0 Å². The van der Waals surface area contributed by atoms with E-state index in [0.29, 0.717) is 6.42 Å². The summed E-state index contributed by atoms with van der Waals surface area (Å²) in [5.74, 6) is 0.263. The van der Waals surface area contributed by atoms with Crippen LogP contribution in [0.1, 0.15) is 37.0 Å². The Balaban J connectivity index is 3.30. The quantitative estimate of drug-likeness (QED) is 0.881. The van der Waals surface area contributed by atoms with E-state index in [1.54, 1.807) is 6.07 Å². The third-order valence-electron chi connectivity index (χ3n) is 2.60. The van der Waals surface area contributed by atoms with Gasteiger partial charge < -0.3 is 10.5 Å². The Morgan fingerprint density at radius 1 is 1.35 bits per heavy atom. The van der Waals surface area contributed by atoms with Crippen LogP contribution in [0.25, 0.3) is 0 Å². The van der Waals surface area contributed by atoms with Gasteiger partial charge in [0.1, 0.15) is 5.75 Å². The molecule has 2 N–H and O–H groups in total. The SMILES string of the molecule is COc1c(C(F)F)ccc(C)c1CC(C)(C)N. The standard InChI is InChI=1S/C13H19F2NO/c1-8-5-6-9(12(14)15)11(17-4)10(8)7-13(2,3)16/h5-6,12H,7,16H2,1-4H3. The van der Waals surface area contributed by atoms with Gasteiger partial charge in [0, 0.05) is 5.54 Å². The third kappa shape index (κ3) is 3.40. The minimum absolute atomic E-state index is 0.0719. The van der Waals surface area contributed by atoms with Gasteiger partial charge in [-0.1, -0.05) is 6.07 Å². The molecule has 0 fully saturated rings. The van der Waals surface area contributed by atoms with Gasteiger partial charge in [-0.15, -0.1) is 0 Å². The molecule has 0 aromatic heterocycles. The van der Waals surface area contributed by atoms with Crippen molar-refractivity contribution >= 4 is 0 Å². The smallest absolute Gasteiger partial charge is 0.267 e. The van der Waals surface area contributed by atoms with Crippen molar-refractivity contribution in [2.75, 3.05) is 7.11 Å². The second kappa shape index (κ2) is 5.00. The highest BCUT2D eigenvalue weighted by Gasteiger charge is 2.22. The zero-order valence-corrected chi connectivity index (χ0v) is 10.7. The fourth-order valence-corrected chi connectivity index (χ4v) is 1.83. The third-order valence-corrected chi connectivity index (χ3v) is 2.60. The number of alkyl halides is 2. The van der Waals surface area contributed by atoms with Gasteiger partial charge in [-0.3, -0.25) is 0 Å². The highest BCUT2D eigenvalue weighted by atomic mass is 19.3. The molecule has 17 heavy (non-hydrogen) atoms. The fourth-order valence-electron chi connectivity index (χ4n) is 1.83. The molecule has 0 heterocycles. The van der Waals surface area contributed by atoms with Crippen LogP contribution < -0.4 is 10.5 Å². The van der Waals surface area contributed by atoms with Crippen molar-refractivity contribution in [2.45, 2.75) is 39.2 Å². The van der Waals surface area contributed by atoms with Crippen molar-refractivity contribution in [2.24, 2.45) is 5.73 Å². The first-order chi connectivity index (χ1) is 7.76. The molecule has 1 aromatic carbocycles. The summed E-state index contributed by atoms with van der Waals surface area (Å²) < 4.78 is 30.8. The van der Waals surface area contributed by atoms with E-state index in [1.165, 1.54) is 13.2 Å². The number of ether oxygens (including phenoxy) is 1. The Morgan fingerprint density at radius 2 is 1.94 bits per heavy atom. The maximum atomic E-state index is 12.8. The van der Waals surface area contributed by atoms with Crippen LogP contribution in [0, 0.1) is 6.92 Å². The summed E-state index contributed by atoms with van der Waals surface area (Å²) >= 11 is 0. The van der Waals surface area contributed by atoms with Crippen molar-refractivity contribution in [1.29, 1.82) is 0 Å². The lowest BCUT2D eigenvalue weighted by atomic mass is 9.91. The fraction of sp³-hybridized carbons (Fsp3) is 0.538. The molecular formula is C13H19F2NO. The minimum Gasteiger partial charge on any atom is -0.496 e. The summed E-state index contributed by atoms with van der Waals surface area (Å²) in [5, 5.41) is 0. The number of benzene rings is 1. The van der Waals surface area contributed by atoms with E-state index in [-0.39, 0.29) is 11.3 Å². The van der Waals surface area contributed by atoms with E-state index in [1.807, 2.05) is 20.8 Å². The molecule has 0 saturated heterocycles. The summed E-state index contributed by atoms with van der Waals surface area (Å²) in [6.07, 6.45) is -2.03. The van der Waals surface area contributed by atoms with Crippen LogP contribution in [-0.4, -0.2) is 12.6 Å². The second-order valence-electron chi connectivity index (χ2n) is 4.95. The van der Waals surface area contributed by atoms with Crippen LogP contribution in [-0.2, 0) is 6.42 Å². The largest absolute Gasteiger partial charge is 0.496 e. The second-order valence-corrected chi connectivity index (χ2v) is 4.95. The van der Waals surface area contributed by atoms with Gasteiger partial charge in [0.05, 0.1) is 12.7 Å². The zero-order chi connectivity index (χ0) is 13.2. The lowest BCUT2D eigenvalue weighted by Gasteiger charge is -2.23. The Morgan fingerprint density at radius 3 is 2.35 bits per heavy atom. The predicted octanol–water partition coefficient (Wildman–Crippen LogP) is 3.22.